The van der Waals surface area contributed by atoms with Crippen molar-refractivity contribution >= 4 is 28.5 Å². The molecule has 16 heavy (non-hydrogen) atoms. The van der Waals surface area contributed by atoms with E-state index in [0.717, 1.165) is 22.3 Å². The van der Waals surface area contributed by atoms with Gasteiger partial charge in [0, 0.05) is 21.1 Å². The first-order valence-corrected chi connectivity index (χ1v) is 6.28. The molecule has 0 spiro atoms. The van der Waals surface area contributed by atoms with Crippen molar-refractivity contribution in [2.24, 2.45) is 5.41 Å². The summed E-state index contributed by atoms with van der Waals surface area (Å²) >= 11 is 2.20. The summed E-state index contributed by atoms with van der Waals surface area (Å²) < 4.78 is 6.22. The van der Waals surface area contributed by atoms with Gasteiger partial charge in [0.05, 0.1) is 13.2 Å². The maximum Gasteiger partial charge on any atom is 0.251 e. The minimum Gasteiger partial charge on any atom is -0.380 e. The van der Waals surface area contributed by atoms with Crippen LogP contribution >= 0.6 is 22.6 Å². The lowest BCUT2D eigenvalue weighted by molar-refractivity contribution is -0.0978. The monoisotopic (exact) mass is 331 g/mol. The topological polar surface area (TPSA) is 38.3 Å². The van der Waals surface area contributed by atoms with E-state index in [-0.39, 0.29) is 11.3 Å². The van der Waals surface area contributed by atoms with E-state index in [4.69, 9.17) is 4.74 Å². The van der Waals surface area contributed by atoms with Crippen molar-refractivity contribution in [1.29, 1.82) is 0 Å². The van der Waals surface area contributed by atoms with Crippen LogP contribution in [0.2, 0.25) is 0 Å². The molecule has 1 aromatic carbocycles. The van der Waals surface area contributed by atoms with Gasteiger partial charge in [-0.1, -0.05) is 13.0 Å². The Morgan fingerprint density at radius 3 is 2.88 bits per heavy atom. The fourth-order valence-electron chi connectivity index (χ4n) is 1.58. The highest BCUT2D eigenvalue weighted by Crippen LogP contribution is 2.25. The van der Waals surface area contributed by atoms with Crippen LogP contribution in [0, 0.1) is 8.99 Å². The van der Waals surface area contributed by atoms with E-state index < -0.39 is 0 Å². The van der Waals surface area contributed by atoms with Gasteiger partial charge in [-0.15, -0.1) is 0 Å². The highest BCUT2D eigenvalue weighted by Gasteiger charge is 2.33. The first-order chi connectivity index (χ1) is 7.59. The van der Waals surface area contributed by atoms with Gasteiger partial charge in [-0.2, -0.15) is 0 Å². The van der Waals surface area contributed by atoms with Crippen LogP contribution in [0.3, 0.4) is 0 Å². The number of amides is 1. The second kappa shape index (κ2) is 4.71. The number of nitrogens with one attached hydrogen (secondary N) is 1. The molecule has 0 unspecified atom stereocenters. The van der Waals surface area contributed by atoms with E-state index in [0.29, 0.717) is 6.54 Å². The first kappa shape index (κ1) is 11.9. The first-order valence-electron chi connectivity index (χ1n) is 5.21. The molecule has 1 amide bonds. The van der Waals surface area contributed by atoms with Crippen LogP contribution in [0.25, 0.3) is 0 Å². The van der Waals surface area contributed by atoms with Crippen molar-refractivity contribution < 1.29 is 9.53 Å². The van der Waals surface area contributed by atoms with Crippen LogP contribution in [0.1, 0.15) is 17.3 Å². The largest absolute Gasteiger partial charge is 0.380 e. The average Bonchev–Trinajstić information content (AvgIpc) is 2.23. The number of carbonyl (C=O) groups is 1. The standard InChI is InChI=1S/C12H14INO2/c1-12(7-16-8-12)6-14-11(15)9-3-2-4-10(13)5-9/h2-5H,6-8H2,1H3,(H,14,15). The third kappa shape index (κ3) is 2.74. The van der Waals surface area contributed by atoms with Crippen molar-refractivity contribution in [2.75, 3.05) is 19.8 Å². The molecule has 0 radical (unpaired) electrons. The van der Waals surface area contributed by atoms with Gasteiger partial charge in [0.1, 0.15) is 0 Å². The zero-order chi connectivity index (χ0) is 11.6. The molecule has 0 saturated carbocycles. The SMILES string of the molecule is CC1(CNC(=O)c2cccc(I)c2)COC1. The molecular weight excluding hydrogens is 317 g/mol. The van der Waals surface area contributed by atoms with Crippen LogP contribution in [0.15, 0.2) is 24.3 Å². The van der Waals surface area contributed by atoms with Crippen LogP contribution in [-0.4, -0.2) is 25.7 Å². The Labute approximate surface area is 109 Å². The van der Waals surface area contributed by atoms with E-state index in [1.807, 2.05) is 24.3 Å². The van der Waals surface area contributed by atoms with Gasteiger partial charge in [0.15, 0.2) is 0 Å². The van der Waals surface area contributed by atoms with E-state index in [1.54, 1.807) is 0 Å². The quantitative estimate of drug-likeness (QED) is 0.861. The number of halogens is 1. The Hall–Kier alpha value is -0.620. The third-order valence-corrected chi connectivity index (χ3v) is 3.33. The Morgan fingerprint density at radius 2 is 2.31 bits per heavy atom. The van der Waals surface area contributed by atoms with Crippen molar-refractivity contribution in [3.8, 4) is 0 Å². The Balaban J connectivity index is 1.93. The molecule has 1 heterocycles. The minimum absolute atomic E-state index is 0.00774. The molecule has 2 rings (SSSR count). The number of carbonyl (C=O) groups excluding carboxylic acids is 1. The molecule has 1 N–H and O–H groups in total. The van der Waals surface area contributed by atoms with Gasteiger partial charge in [0.2, 0.25) is 0 Å². The molecule has 0 aliphatic carbocycles. The predicted molar refractivity (Wildman–Crippen MR) is 70.4 cm³/mol. The summed E-state index contributed by atoms with van der Waals surface area (Å²) in [4.78, 5) is 11.8. The lowest BCUT2D eigenvalue weighted by Crippen LogP contribution is -2.48. The highest BCUT2D eigenvalue weighted by atomic mass is 127. The smallest absolute Gasteiger partial charge is 0.251 e. The van der Waals surface area contributed by atoms with Crippen molar-refractivity contribution in [3.63, 3.8) is 0 Å². The lowest BCUT2D eigenvalue weighted by atomic mass is 9.89. The summed E-state index contributed by atoms with van der Waals surface area (Å²) in [6, 6.07) is 7.58. The predicted octanol–water partition coefficient (Wildman–Crippen LogP) is 2.06. The molecule has 1 aliphatic rings. The fourth-order valence-corrected chi connectivity index (χ4v) is 2.12. The lowest BCUT2D eigenvalue weighted by Gasteiger charge is -2.38. The molecule has 1 fully saturated rings. The third-order valence-electron chi connectivity index (χ3n) is 2.66. The molecule has 86 valence electrons. The molecule has 0 aromatic heterocycles. The molecule has 1 aromatic rings. The minimum atomic E-state index is -0.00774. The molecule has 1 saturated heterocycles. The number of rotatable bonds is 3. The average molecular weight is 331 g/mol. The van der Waals surface area contributed by atoms with Crippen molar-refractivity contribution in [3.05, 3.63) is 33.4 Å². The number of hydrogen-bond acceptors (Lipinski definition) is 2. The second-order valence-electron chi connectivity index (χ2n) is 4.50. The van der Waals surface area contributed by atoms with Crippen LogP contribution in [0.5, 0.6) is 0 Å². The van der Waals surface area contributed by atoms with Gasteiger partial charge in [0.25, 0.3) is 5.91 Å². The maximum absolute atomic E-state index is 11.8. The van der Waals surface area contributed by atoms with Crippen molar-refractivity contribution in [2.45, 2.75) is 6.92 Å². The number of hydrogen-bond donors (Lipinski definition) is 1. The summed E-state index contributed by atoms with van der Waals surface area (Å²) in [6.07, 6.45) is 0. The molecule has 0 bridgehead atoms. The Bertz CT molecular complexity index is 402. The van der Waals surface area contributed by atoms with Crippen LogP contribution in [-0.2, 0) is 4.74 Å². The molecule has 0 atom stereocenters. The van der Waals surface area contributed by atoms with Crippen LogP contribution in [0.4, 0.5) is 0 Å². The van der Waals surface area contributed by atoms with Gasteiger partial charge >= 0.3 is 0 Å². The zero-order valence-electron chi connectivity index (χ0n) is 9.13. The summed E-state index contributed by atoms with van der Waals surface area (Å²) in [6.45, 7) is 4.27. The summed E-state index contributed by atoms with van der Waals surface area (Å²) in [5, 5.41) is 2.95. The van der Waals surface area contributed by atoms with E-state index in [2.05, 4.69) is 34.8 Å². The zero-order valence-corrected chi connectivity index (χ0v) is 11.3. The van der Waals surface area contributed by atoms with Crippen molar-refractivity contribution in [1.82, 2.24) is 5.32 Å². The summed E-state index contributed by atoms with van der Waals surface area (Å²) in [5.41, 5.74) is 0.841. The number of ether oxygens (including phenoxy) is 1. The number of benzene rings is 1. The van der Waals surface area contributed by atoms with E-state index >= 15 is 0 Å². The van der Waals surface area contributed by atoms with Crippen LogP contribution < -0.4 is 5.32 Å². The second-order valence-corrected chi connectivity index (χ2v) is 5.74. The summed E-state index contributed by atoms with van der Waals surface area (Å²) in [5.74, 6) is -0.00774. The molecule has 1 aliphatic heterocycles. The van der Waals surface area contributed by atoms with E-state index in [9.17, 15) is 4.79 Å². The Morgan fingerprint density at radius 1 is 1.56 bits per heavy atom. The normalized spacial score (nSPS) is 17.6. The fraction of sp³-hybridized carbons (Fsp3) is 0.417. The maximum atomic E-state index is 11.8. The Kier molecular flexibility index (Phi) is 3.49. The van der Waals surface area contributed by atoms with Gasteiger partial charge in [-0.05, 0) is 40.8 Å². The van der Waals surface area contributed by atoms with E-state index in [1.165, 1.54) is 0 Å². The van der Waals surface area contributed by atoms with Gasteiger partial charge in [-0.3, -0.25) is 4.79 Å². The van der Waals surface area contributed by atoms with Gasteiger partial charge < -0.3 is 10.1 Å². The highest BCUT2D eigenvalue weighted by molar-refractivity contribution is 14.1. The molecule has 3 nitrogen and oxygen atoms in total. The van der Waals surface area contributed by atoms with Gasteiger partial charge in [-0.25, -0.2) is 0 Å². The summed E-state index contributed by atoms with van der Waals surface area (Å²) in [7, 11) is 0. The molecule has 4 heteroatoms. The molecular formula is C12H14INO2.